The van der Waals surface area contributed by atoms with Gasteiger partial charge in [0.15, 0.2) is 0 Å². The number of halogens is 2. The largest absolute Gasteiger partial charge is 0.355 e. The summed E-state index contributed by atoms with van der Waals surface area (Å²) in [7, 11) is -2.35. The van der Waals surface area contributed by atoms with Crippen molar-refractivity contribution < 1.29 is 13.2 Å². The summed E-state index contributed by atoms with van der Waals surface area (Å²) >= 11 is 5.73. The molecule has 0 aliphatic heterocycles. The number of rotatable bonds is 7. The molecule has 1 unspecified atom stereocenters. The van der Waals surface area contributed by atoms with Crippen molar-refractivity contribution in [2.75, 3.05) is 20.1 Å². The summed E-state index contributed by atoms with van der Waals surface area (Å²) in [6, 6.07) is 5.78. The maximum absolute atomic E-state index is 12.2. The van der Waals surface area contributed by atoms with Crippen LogP contribution in [0, 0.1) is 0 Å². The fraction of sp³-hybridized carbons (Fsp3) is 0.462. The second-order valence-corrected chi connectivity index (χ2v) is 7.31. The standard InChI is InChI=1S/C13H20ClN3O3S.ClH/c1-10(15)7-8-16-13(18)9-17(2)21(19,20)12-5-3-11(14)4-6-12;/h3-6,10H,7-9,15H2,1-2H3,(H,16,18);1H. The molecule has 0 saturated carbocycles. The van der Waals surface area contributed by atoms with E-state index in [4.69, 9.17) is 17.3 Å². The Hall–Kier alpha value is -0.860. The van der Waals surface area contributed by atoms with Gasteiger partial charge in [0.05, 0.1) is 11.4 Å². The smallest absolute Gasteiger partial charge is 0.243 e. The third-order valence-electron chi connectivity index (χ3n) is 2.81. The Balaban J connectivity index is 0.00000441. The van der Waals surface area contributed by atoms with E-state index in [-0.39, 0.29) is 35.8 Å². The highest BCUT2D eigenvalue weighted by Gasteiger charge is 2.22. The van der Waals surface area contributed by atoms with Gasteiger partial charge in [-0.2, -0.15) is 4.31 Å². The topological polar surface area (TPSA) is 92.5 Å². The molecule has 3 N–H and O–H groups in total. The maximum Gasteiger partial charge on any atom is 0.243 e. The number of hydrogen-bond acceptors (Lipinski definition) is 4. The van der Waals surface area contributed by atoms with Crippen molar-refractivity contribution in [1.82, 2.24) is 9.62 Å². The van der Waals surface area contributed by atoms with E-state index in [0.717, 1.165) is 4.31 Å². The van der Waals surface area contributed by atoms with Gasteiger partial charge in [0.1, 0.15) is 0 Å². The van der Waals surface area contributed by atoms with Gasteiger partial charge in [-0.05, 0) is 37.6 Å². The molecule has 22 heavy (non-hydrogen) atoms. The lowest BCUT2D eigenvalue weighted by Crippen LogP contribution is -2.39. The molecule has 1 aromatic carbocycles. The monoisotopic (exact) mass is 369 g/mol. The van der Waals surface area contributed by atoms with Crippen molar-refractivity contribution in [3.8, 4) is 0 Å². The lowest BCUT2D eigenvalue weighted by molar-refractivity contribution is -0.121. The van der Waals surface area contributed by atoms with E-state index in [9.17, 15) is 13.2 Å². The lowest BCUT2D eigenvalue weighted by atomic mass is 10.2. The number of nitrogens with two attached hydrogens (primary N) is 1. The predicted octanol–water partition coefficient (Wildman–Crippen LogP) is 1.24. The number of nitrogens with zero attached hydrogens (tertiary/aromatic N) is 1. The van der Waals surface area contributed by atoms with Gasteiger partial charge in [0.2, 0.25) is 15.9 Å². The van der Waals surface area contributed by atoms with Gasteiger partial charge in [0.25, 0.3) is 0 Å². The minimum Gasteiger partial charge on any atom is -0.355 e. The van der Waals surface area contributed by atoms with E-state index in [1.807, 2.05) is 6.92 Å². The normalized spacial score (nSPS) is 12.6. The number of likely N-dealkylation sites (N-methyl/N-ethyl adjacent to an activating group) is 1. The Morgan fingerprint density at radius 2 is 1.91 bits per heavy atom. The number of hydrogen-bond donors (Lipinski definition) is 2. The Morgan fingerprint density at radius 1 is 1.36 bits per heavy atom. The van der Waals surface area contributed by atoms with Crippen molar-refractivity contribution in [2.24, 2.45) is 5.73 Å². The third-order valence-corrected chi connectivity index (χ3v) is 4.88. The molecule has 0 spiro atoms. The number of carbonyl (C=O) groups excluding carboxylic acids is 1. The van der Waals surface area contributed by atoms with Crippen LogP contribution in [0.2, 0.25) is 5.02 Å². The molecular weight excluding hydrogens is 349 g/mol. The summed E-state index contributed by atoms with van der Waals surface area (Å²) in [4.78, 5) is 11.8. The van der Waals surface area contributed by atoms with Gasteiger partial charge in [-0.3, -0.25) is 4.79 Å². The van der Waals surface area contributed by atoms with E-state index in [1.54, 1.807) is 0 Å². The first-order valence-corrected chi connectivity index (χ1v) is 8.29. The van der Waals surface area contributed by atoms with Crippen LogP contribution in [0.15, 0.2) is 29.2 Å². The van der Waals surface area contributed by atoms with E-state index in [1.165, 1.54) is 31.3 Å². The molecule has 0 fully saturated rings. The molecule has 0 heterocycles. The zero-order valence-electron chi connectivity index (χ0n) is 12.5. The molecule has 1 aromatic rings. The zero-order valence-corrected chi connectivity index (χ0v) is 14.8. The van der Waals surface area contributed by atoms with Crippen LogP contribution in [0.4, 0.5) is 0 Å². The summed E-state index contributed by atoms with van der Waals surface area (Å²) < 4.78 is 25.5. The summed E-state index contributed by atoms with van der Waals surface area (Å²) in [5.41, 5.74) is 5.57. The van der Waals surface area contributed by atoms with Gasteiger partial charge in [-0.25, -0.2) is 8.42 Å². The van der Waals surface area contributed by atoms with Crippen molar-refractivity contribution >= 4 is 39.9 Å². The van der Waals surface area contributed by atoms with E-state index >= 15 is 0 Å². The number of nitrogens with one attached hydrogen (secondary N) is 1. The zero-order chi connectivity index (χ0) is 16.0. The average molecular weight is 370 g/mol. The predicted molar refractivity (Wildman–Crippen MR) is 89.8 cm³/mol. The Labute approximate surface area is 142 Å². The van der Waals surface area contributed by atoms with Gasteiger partial charge in [-0.15, -0.1) is 12.4 Å². The van der Waals surface area contributed by atoms with Gasteiger partial charge in [0, 0.05) is 24.7 Å². The quantitative estimate of drug-likeness (QED) is 0.755. The van der Waals surface area contributed by atoms with Crippen molar-refractivity contribution in [3.63, 3.8) is 0 Å². The van der Waals surface area contributed by atoms with Gasteiger partial charge < -0.3 is 11.1 Å². The fourth-order valence-corrected chi connectivity index (χ4v) is 2.82. The van der Waals surface area contributed by atoms with Crippen LogP contribution in [0.5, 0.6) is 0 Å². The first-order chi connectivity index (χ1) is 9.73. The van der Waals surface area contributed by atoms with Crippen LogP contribution in [0.1, 0.15) is 13.3 Å². The Kier molecular flexibility index (Phi) is 8.95. The first-order valence-electron chi connectivity index (χ1n) is 6.47. The summed E-state index contributed by atoms with van der Waals surface area (Å²) in [5, 5.41) is 3.08. The Bertz CT molecular complexity index is 577. The van der Waals surface area contributed by atoms with E-state index in [0.29, 0.717) is 18.0 Å². The highest BCUT2D eigenvalue weighted by atomic mass is 35.5. The minimum absolute atomic E-state index is 0. The van der Waals surface area contributed by atoms with Crippen molar-refractivity contribution in [1.29, 1.82) is 0 Å². The highest BCUT2D eigenvalue weighted by molar-refractivity contribution is 7.89. The average Bonchev–Trinajstić information content (AvgIpc) is 2.38. The number of sulfonamides is 1. The molecule has 1 atom stereocenters. The maximum atomic E-state index is 12.2. The van der Waals surface area contributed by atoms with Crippen LogP contribution in [0.25, 0.3) is 0 Å². The SMILES string of the molecule is CC(N)CCNC(=O)CN(C)S(=O)(=O)c1ccc(Cl)cc1.Cl. The van der Waals surface area contributed by atoms with Crippen LogP contribution < -0.4 is 11.1 Å². The molecule has 0 aromatic heterocycles. The van der Waals surface area contributed by atoms with E-state index < -0.39 is 10.0 Å². The molecule has 1 amide bonds. The molecule has 0 bridgehead atoms. The summed E-state index contributed by atoms with van der Waals surface area (Å²) in [5.74, 6) is -0.365. The summed E-state index contributed by atoms with van der Waals surface area (Å²) in [6.45, 7) is 2.01. The minimum atomic E-state index is -3.70. The first kappa shape index (κ1) is 21.1. The molecule has 9 heteroatoms. The highest BCUT2D eigenvalue weighted by Crippen LogP contribution is 2.17. The molecule has 0 aliphatic rings. The van der Waals surface area contributed by atoms with Crippen LogP contribution in [-0.4, -0.2) is 44.8 Å². The second kappa shape index (κ2) is 9.32. The molecule has 0 aliphatic carbocycles. The number of amides is 1. The van der Waals surface area contributed by atoms with Crippen LogP contribution >= 0.6 is 24.0 Å². The number of benzene rings is 1. The number of carbonyl (C=O) groups is 1. The third kappa shape index (κ3) is 6.50. The van der Waals surface area contributed by atoms with Crippen molar-refractivity contribution in [3.05, 3.63) is 29.3 Å². The summed E-state index contributed by atoms with van der Waals surface area (Å²) in [6.07, 6.45) is 0.638. The molecule has 0 radical (unpaired) electrons. The lowest BCUT2D eigenvalue weighted by Gasteiger charge is -2.17. The molecule has 0 saturated heterocycles. The van der Waals surface area contributed by atoms with Crippen molar-refractivity contribution in [2.45, 2.75) is 24.3 Å². The van der Waals surface area contributed by atoms with Gasteiger partial charge >= 0.3 is 0 Å². The fourth-order valence-electron chi connectivity index (χ4n) is 1.57. The molecule has 1 rings (SSSR count). The van der Waals surface area contributed by atoms with Gasteiger partial charge in [-0.1, -0.05) is 11.6 Å². The molecule has 6 nitrogen and oxygen atoms in total. The van der Waals surface area contributed by atoms with Crippen LogP contribution in [0.3, 0.4) is 0 Å². The van der Waals surface area contributed by atoms with E-state index in [2.05, 4.69) is 5.32 Å². The molecule has 126 valence electrons. The second-order valence-electron chi connectivity index (χ2n) is 4.83. The molecular formula is C13H21Cl2N3O3S. The Morgan fingerprint density at radius 3 is 2.41 bits per heavy atom. The van der Waals surface area contributed by atoms with Crippen LogP contribution in [-0.2, 0) is 14.8 Å².